The molecule has 1 atom stereocenters. The Hall–Kier alpha value is -2.37. The van der Waals surface area contributed by atoms with Crippen LogP contribution in [0.4, 0.5) is 0 Å². The third kappa shape index (κ3) is 68.3. The Morgan fingerprint density at radius 2 is 0.444 bits per heavy atom. The van der Waals surface area contributed by atoms with Crippen LogP contribution in [0.5, 0.6) is 0 Å². The Morgan fingerprint density at radius 3 is 0.691 bits per heavy atom. The summed E-state index contributed by atoms with van der Waals surface area (Å²) in [6.45, 7) is 6.67. The highest BCUT2D eigenvalue weighted by atomic mass is 16.6. The minimum atomic E-state index is -0.768. The summed E-state index contributed by atoms with van der Waals surface area (Å²) in [5.41, 5.74) is 0. The van der Waals surface area contributed by atoms with Gasteiger partial charge in [0.1, 0.15) is 13.2 Å². The number of esters is 3. The van der Waals surface area contributed by atoms with Gasteiger partial charge >= 0.3 is 17.9 Å². The Bertz CT molecular complexity index is 1350. The Morgan fingerprint density at radius 1 is 0.247 bits per heavy atom. The van der Waals surface area contributed by atoms with Gasteiger partial charge in [0, 0.05) is 19.3 Å². The molecule has 0 bridgehead atoms. The summed E-state index contributed by atoms with van der Waals surface area (Å²) in [7, 11) is 0. The van der Waals surface area contributed by atoms with Gasteiger partial charge in [0.05, 0.1) is 0 Å². The lowest BCUT2D eigenvalue weighted by atomic mass is 10.0. The van der Waals surface area contributed by atoms with Gasteiger partial charge in [0.2, 0.25) is 0 Å². The fourth-order valence-corrected chi connectivity index (χ4v) is 11.2. The zero-order chi connectivity index (χ0) is 58.5. The minimum absolute atomic E-state index is 0.0663. The van der Waals surface area contributed by atoms with Crippen LogP contribution in [0.2, 0.25) is 0 Å². The number of hydrogen-bond acceptors (Lipinski definition) is 6. The highest BCUT2D eigenvalue weighted by Crippen LogP contribution is 2.19. The van der Waals surface area contributed by atoms with Crippen LogP contribution >= 0.6 is 0 Å². The molecule has 0 aliphatic heterocycles. The van der Waals surface area contributed by atoms with Crippen molar-refractivity contribution in [2.45, 2.75) is 412 Å². The SMILES string of the molecule is CCCCCCC/C=C\C/C=C\C/C=C\CCCCCCCCCCCCCCCCC(=O)OCC(COC(=O)CCCCCCCCCC)OC(=O)CCCCCCCCCCCCCCCCCCCCCCCCCCCC. The van der Waals surface area contributed by atoms with Gasteiger partial charge in [-0.15, -0.1) is 0 Å². The monoisotopic (exact) mass is 1140 g/mol. The smallest absolute Gasteiger partial charge is 0.306 e. The Labute approximate surface area is 506 Å². The van der Waals surface area contributed by atoms with Gasteiger partial charge in [-0.3, -0.25) is 14.4 Å². The van der Waals surface area contributed by atoms with Crippen LogP contribution in [0.25, 0.3) is 0 Å². The van der Waals surface area contributed by atoms with E-state index in [-0.39, 0.29) is 31.1 Å². The topological polar surface area (TPSA) is 78.9 Å². The van der Waals surface area contributed by atoms with E-state index in [1.165, 1.54) is 295 Å². The number of rotatable bonds is 68. The molecule has 0 aromatic rings. The van der Waals surface area contributed by atoms with Crippen molar-refractivity contribution in [2.75, 3.05) is 13.2 Å². The predicted molar refractivity (Wildman–Crippen MR) is 353 cm³/mol. The van der Waals surface area contributed by atoms with E-state index >= 15 is 0 Å². The first-order valence-corrected chi connectivity index (χ1v) is 36.5. The Kier molecular flexibility index (Phi) is 68.1. The molecular formula is C75H140O6. The van der Waals surface area contributed by atoms with Crippen LogP contribution < -0.4 is 0 Å². The van der Waals surface area contributed by atoms with Crippen molar-refractivity contribution in [2.24, 2.45) is 0 Å². The molecule has 6 nitrogen and oxygen atoms in total. The average molecular weight is 1140 g/mol. The molecule has 476 valence electrons. The lowest BCUT2D eigenvalue weighted by Crippen LogP contribution is -2.30. The van der Waals surface area contributed by atoms with Gasteiger partial charge in [0.15, 0.2) is 6.10 Å². The van der Waals surface area contributed by atoms with Gasteiger partial charge in [-0.2, -0.15) is 0 Å². The first kappa shape index (κ1) is 78.6. The number of allylic oxidation sites excluding steroid dienone is 6. The van der Waals surface area contributed by atoms with E-state index in [4.69, 9.17) is 14.2 Å². The van der Waals surface area contributed by atoms with E-state index < -0.39 is 6.10 Å². The summed E-state index contributed by atoms with van der Waals surface area (Å²) in [6.07, 6.45) is 87.8. The van der Waals surface area contributed by atoms with Crippen LogP contribution in [0, 0.1) is 0 Å². The normalized spacial score (nSPS) is 12.2. The van der Waals surface area contributed by atoms with Crippen LogP contribution in [-0.2, 0) is 28.6 Å². The quantitative estimate of drug-likeness (QED) is 0.0261. The first-order chi connectivity index (χ1) is 40.0. The van der Waals surface area contributed by atoms with E-state index in [0.717, 1.165) is 70.6 Å². The number of ether oxygens (including phenoxy) is 3. The predicted octanol–water partition coefficient (Wildman–Crippen LogP) is 25.1. The van der Waals surface area contributed by atoms with Crippen molar-refractivity contribution >= 4 is 17.9 Å². The molecule has 0 fully saturated rings. The summed E-state index contributed by atoms with van der Waals surface area (Å²) >= 11 is 0. The molecule has 0 rings (SSSR count). The zero-order valence-corrected chi connectivity index (χ0v) is 54.8. The van der Waals surface area contributed by atoms with Crippen molar-refractivity contribution in [3.05, 3.63) is 36.5 Å². The summed E-state index contributed by atoms with van der Waals surface area (Å²) < 4.78 is 16.9. The maximum Gasteiger partial charge on any atom is 0.306 e. The lowest BCUT2D eigenvalue weighted by molar-refractivity contribution is -0.167. The molecule has 0 heterocycles. The zero-order valence-electron chi connectivity index (χ0n) is 54.8. The molecule has 0 radical (unpaired) electrons. The number of hydrogen-bond donors (Lipinski definition) is 0. The van der Waals surface area contributed by atoms with Gasteiger partial charge < -0.3 is 14.2 Å². The second kappa shape index (κ2) is 70.1. The standard InChI is InChI=1S/C75H140O6/c1-4-7-10-13-16-19-21-23-25-27-29-31-33-35-37-38-39-41-42-44-46-48-50-52-54-56-59-62-65-68-74(77)80-71-72(70-79-73(76)67-64-61-58-18-15-12-9-6-3)81-75(78)69-66-63-60-57-55-53-51-49-47-45-43-40-36-34-32-30-28-26-24-22-20-17-14-11-8-5-2/h21,23,27,29,33,35,72H,4-20,22,24-26,28,30-32,34,36-71H2,1-3H3/b23-21-,29-27-,35-33-. The summed E-state index contributed by atoms with van der Waals surface area (Å²) in [6, 6.07) is 0. The molecule has 0 aliphatic rings. The minimum Gasteiger partial charge on any atom is -0.462 e. The molecule has 0 N–H and O–H groups in total. The molecule has 0 spiro atoms. The first-order valence-electron chi connectivity index (χ1n) is 36.5. The van der Waals surface area contributed by atoms with Crippen molar-refractivity contribution in [1.82, 2.24) is 0 Å². The van der Waals surface area contributed by atoms with E-state index in [1.54, 1.807) is 0 Å². The van der Waals surface area contributed by atoms with E-state index in [2.05, 4.69) is 57.2 Å². The maximum atomic E-state index is 12.9. The second-order valence-electron chi connectivity index (χ2n) is 24.9. The molecule has 1 unspecified atom stereocenters. The van der Waals surface area contributed by atoms with Gasteiger partial charge in [-0.25, -0.2) is 0 Å². The van der Waals surface area contributed by atoms with Gasteiger partial charge in [-0.05, 0) is 57.8 Å². The number of unbranched alkanes of at least 4 members (excludes halogenated alkanes) is 51. The fourth-order valence-electron chi connectivity index (χ4n) is 11.2. The molecule has 0 amide bonds. The molecule has 0 saturated heterocycles. The van der Waals surface area contributed by atoms with E-state index in [9.17, 15) is 14.4 Å². The summed E-state index contributed by atoms with van der Waals surface area (Å²) in [5, 5.41) is 0. The average Bonchev–Trinajstić information content (AvgIpc) is 3.47. The fraction of sp³-hybridized carbons (Fsp3) is 0.880. The van der Waals surface area contributed by atoms with Crippen molar-refractivity contribution in [3.63, 3.8) is 0 Å². The van der Waals surface area contributed by atoms with Crippen LogP contribution in [-0.4, -0.2) is 37.2 Å². The Balaban J connectivity index is 4.05. The maximum absolute atomic E-state index is 12.9. The number of carbonyl (C=O) groups excluding carboxylic acids is 3. The van der Waals surface area contributed by atoms with Crippen molar-refractivity contribution in [3.8, 4) is 0 Å². The molecule has 81 heavy (non-hydrogen) atoms. The molecule has 0 aromatic heterocycles. The number of carbonyl (C=O) groups is 3. The largest absolute Gasteiger partial charge is 0.462 e. The second-order valence-corrected chi connectivity index (χ2v) is 24.9. The van der Waals surface area contributed by atoms with Crippen molar-refractivity contribution in [1.29, 1.82) is 0 Å². The third-order valence-electron chi connectivity index (χ3n) is 16.6. The highest BCUT2D eigenvalue weighted by molar-refractivity contribution is 5.71. The van der Waals surface area contributed by atoms with Crippen LogP contribution in [0.1, 0.15) is 406 Å². The molecule has 0 aliphatic carbocycles. The molecule has 0 saturated carbocycles. The summed E-state index contributed by atoms with van der Waals surface area (Å²) in [5.74, 6) is -0.842. The highest BCUT2D eigenvalue weighted by Gasteiger charge is 2.19. The third-order valence-corrected chi connectivity index (χ3v) is 16.6. The van der Waals surface area contributed by atoms with Crippen LogP contribution in [0.3, 0.4) is 0 Å². The van der Waals surface area contributed by atoms with Gasteiger partial charge in [-0.1, -0.05) is 365 Å². The van der Waals surface area contributed by atoms with E-state index in [1.807, 2.05) is 0 Å². The molecular weight excluding hydrogens is 997 g/mol. The van der Waals surface area contributed by atoms with E-state index in [0.29, 0.717) is 19.3 Å². The van der Waals surface area contributed by atoms with Crippen LogP contribution in [0.15, 0.2) is 36.5 Å². The van der Waals surface area contributed by atoms with Gasteiger partial charge in [0.25, 0.3) is 0 Å². The van der Waals surface area contributed by atoms with Crippen molar-refractivity contribution < 1.29 is 28.6 Å². The lowest BCUT2D eigenvalue weighted by Gasteiger charge is -2.18. The molecule has 6 heteroatoms. The molecule has 0 aromatic carbocycles. The summed E-state index contributed by atoms with van der Waals surface area (Å²) in [4.78, 5) is 38.3.